The normalized spacial score (nSPS) is 10.7. The van der Waals surface area contributed by atoms with Gasteiger partial charge in [-0.15, -0.1) is 0 Å². The van der Waals surface area contributed by atoms with Crippen LogP contribution in [0.2, 0.25) is 0 Å². The molecule has 0 bridgehead atoms. The maximum Gasteiger partial charge on any atom is 0.126 e. The van der Waals surface area contributed by atoms with E-state index in [2.05, 4.69) is 18.3 Å². The van der Waals surface area contributed by atoms with Crippen LogP contribution >= 0.6 is 0 Å². The van der Waals surface area contributed by atoms with Gasteiger partial charge in [0.1, 0.15) is 11.6 Å². The highest BCUT2D eigenvalue weighted by molar-refractivity contribution is 5.66. The van der Waals surface area contributed by atoms with Crippen molar-refractivity contribution in [1.82, 2.24) is 5.32 Å². The molecule has 0 unspecified atom stereocenters. The number of methoxy groups -OCH3 is 1. The summed E-state index contributed by atoms with van der Waals surface area (Å²) in [6, 6.07) is 11.3. The molecule has 2 nitrogen and oxygen atoms in total. The highest BCUT2D eigenvalue weighted by Gasteiger charge is 2.07. The summed E-state index contributed by atoms with van der Waals surface area (Å²) in [4.78, 5) is 0. The van der Waals surface area contributed by atoms with Crippen LogP contribution in [-0.2, 0) is 6.54 Å². The summed E-state index contributed by atoms with van der Waals surface area (Å²) >= 11 is 0. The zero-order chi connectivity index (χ0) is 15.2. The lowest BCUT2D eigenvalue weighted by molar-refractivity contribution is 0.408. The third-order valence-corrected chi connectivity index (χ3v) is 3.53. The second-order valence-electron chi connectivity index (χ2n) is 5.17. The topological polar surface area (TPSA) is 21.3 Å². The van der Waals surface area contributed by atoms with Crippen molar-refractivity contribution in [3.8, 4) is 16.9 Å². The average molecular weight is 287 g/mol. The fourth-order valence-corrected chi connectivity index (χ4v) is 2.27. The van der Waals surface area contributed by atoms with Gasteiger partial charge in [-0.25, -0.2) is 4.39 Å². The minimum Gasteiger partial charge on any atom is -0.496 e. The monoisotopic (exact) mass is 287 g/mol. The summed E-state index contributed by atoms with van der Waals surface area (Å²) < 4.78 is 19.1. The van der Waals surface area contributed by atoms with Crippen LogP contribution in [0.4, 0.5) is 4.39 Å². The molecule has 0 aliphatic rings. The SMILES string of the molecule is CCCNCc1cc(-c2ccc(C)c(F)c2)ccc1OC. The van der Waals surface area contributed by atoms with Crippen molar-refractivity contribution in [2.45, 2.75) is 26.8 Å². The Morgan fingerprint density at radius 3 is 2.48 bits per heavy atom. The van der Waals surface area contributed by atoms with E-state index < -0.39 is 0 Å². The molecule has 0 atom stereocenters. The van der Waals surface area contributed by atoms with Gasteiger partial charge in [0.15, 0.2) is 0 Å². The van der Waals surface area contributed by atoms with Crippen molar-refractivity contribution < 1.29 is 9.13 Å². The molecule has 0 aliphatic heterocycles. The quantitative estimate of drug-likeness (QED) is 0.799. The number of halogens is 1. The van der Waals surface area contributed by atoms with Gasteiger partial charge in [0, 0.05) is 12.1 Å². The highest BCUT2D eigenvalue weighted by Crippen LogP contribution is 2.27. The molecule has 2 aromatic carbocycles. The number of hydrogen-bond acceptors (Lipinski definition) is 2. The molecule has 0 amide bonds. The van der Waals surface area contributed by atoms with Crippen LogP contribution in [0.25, 0.3) is 11.1 Å². The van der Waals surface area contributed by atoms with Crippen molar-refractivity contribution in [2.75, 3.05) is 13.7 Å². The van der Waals surface area contributed by atoms with Crippen molar-refractivity contribution in [3.05, 3.63) is 53.3 Å². The molecular formula is C18H22FNO. The zero-order valence-corrected chi connectivity index (χ0v) is 12.9. The predicted molar refractivity (Wildman–Crippen MR) is 85.1 cm³/mol. The van der Waals surface area contributed by atoms with Gasteiger partial charge in [-0.3, -0.25) is 0 Å². The average Bonchev–Trinajstić information content (AvgIpc) is 2.50. The smallest absolute Gasteiger partial charge is 0.126 e. The van der Waals surface area contributed by atoms with E-state index in [0.29, 0.717) is 5.56 Å². The van der Waals surface area contributed by atoms with Gasteiger partial charge in [0.05, 0.1) is 7.11 Å². The summed E-state index contributed by atoms with van der Waals surface area (Å²) in [5.41, 5.74) is 3.64. The lowest BCUT2D eigenvalue weighted by Crippen LogP contribution is -2.14. The molecule has 2 rings (SSSR count). The number of hydrogen-bond donors (Lipinski definition) is 1. The van der Waals surface area contributed by atoms with Crippen LogP contribution < -0.4 is 10.1 Å². The first kappa shape index (κ1) is 15.5. The van der Waals surface area contributed by atoms with E-state index >= 15 is 0 Å². The molecule has 21 heavy (non-hydrogen) atoms. The number of benzene rings is 2. The first-order valence-electron chi connectivity index (χ1n) is 7.30. The zero-order valence-electron chi connectivity index (χ0n) is 12.9. The fourth-order valence-electron chi connectivity index (χ4n) is 2.27. The Morgan fingerprint density at radius 1 is 1.10 bits per heavy atom. The minimum absolute atomic E-state index is 0.172. The number of nitrogens with one attached hydrogen (secondary N) is 1. The molecule has 0 saturated heterocycles. The fraction of sp³-hybridized carbons (Fsp3) is 0.333. The van der Waals surface area contributed by atoms with Crippen LogP contribution in [0.15, 0.2) is 36.4 Å². The maximum absolute atomic E-state index is 13.7. The summed E-state index contributed by atoms with van der Waals surface area (Å²) in [5, 5.41) is 3.37. The number of ether oxygens (including phenoxy) is 1. The lowest BCUT2D eigenvalue weighted by Gasteiger charge is -2.12. The molecular weight excluding hydrogens is 265 g/mol. The molecule has 0 spiro atoms. The molecule has 0 aromatic heterocycles. The van der Waals surface area contributed by atoms with Gasteiger partial charge in [0.2, 0.25) is 0 Å². The molecule has 0 aliphatic carbocycles. The second-order valence-corrected chi connectivity index (χ2v) is 5.17. The van der Waals surface area contributed by atoms with Crippen molar-refractivity contribution in [3.63, 3.8) is 0 Å². The summed E-state index contributed by atoms with van der Waals surface area (Å²) in [6.45, 7) is 5.62. The van der Waals surface area contributed by atoms with Crippen molar-refractivity contribution in [2.24, 2.45) is 0 Å². The van der Waals surface area contributed by atoms with E-state index in [1.54, 1.807) is 20.1 Å². The Morgan fingerprint density at radius 2 is 1.81 bits per heavy atom. The number of aryl methyl sites for hydroxylation is 1. The predicted octanol–water partition coefficient (Wildman–Crippen LogP) is 4.31. The minimum atomic E-state index is -0.172. The third-order valence-electron chi connectivity index (χ3n) is 3.53. The van der Waals surface area contributed by atoms with Crippen LogP contribution in [-0.4, -0.2) is 13.7 Å². The van der Waals surface area contributed by atoms with E-state index in [0.717, 1.165) is 42.0 Å². The number of rotatable bonds is 6. The van der Waals surface area contributed by atoms with E-state index in [-0.39, 0.29) is 5.82 Å². The van der Waals surface area contributed by atoms with Crippen LogP contribution in [0.5, 0.6) is 5.75 Å². The Balaban J connectivity index is 2.31. The summed E-state index contributed by atoms with van der Waals surface area (Å²) in [7, 11) is 1.67. The maximum atomic E-state index is 13.7. The molecule has 0 radical (unpaired) electrons. The molecule has 0 fully saturated rings. The van der Waals surface area contributed by atoms with Crippen molar-refractivity contribution >= 4 is 0 Å². The van der Waals surface area contributed by atoms with E-state index in [1.807, 2.05) is 24.3 Å². The van der Waals surface area contributed by atoms with Gasteiger partial charge in [-0.2, -0.15) is 0 Å². The van der Waals surface area contributed by atoms with Crippen molar-refractivity contribution in [1.29, 1.82) is 0 Å². The van der Waals surface area contributed by atoms with Gasteiger partial charge >= 0.3 is 0 Å². The standard InChI is InChI=1S/C18H22FNO/c1-4-9-20-12-16-10-14(7-8-18(16)21-3)15-6-5-13(2)17(19)11-15/h5-8,10-11,20H,4,9,12H2,1-3H3. The van der Waals surface area contributed by atoms with Crippen LogP contribution in [0.1, 0.15) is 24.5 Å². The molecule has 2 aromatic rings. The van der Waals surface area contributed by atoms with E-state index in [9.17, 15) is 4.39 Å². The van der Waals surface area contributed by atoms with Gasteiger partial charge in [-0.1, -0.05) is 25.1 Å². The van der Waals surface area contributed by atoms with Gasteiger partial charge < -0.3 is 10.1 Å². The Hall–Kier alpha value is -1.87. The summed E-state index contributed by atoms with van der Waals surface area (Å²) in [6.07, 6.45) is 1.09. The Bertz CT molecular complexity index is 610. The summed E-state index contributed by atoms with van der Waals surface area (Å²) in [5.74, 6) is 0.684. The molecule has 112 valence electrons. The first-order valence-corrected chi connectivity index (χ1v) is 7.30. The van der Waals surface area contributed by atoms with Crippen LogP contribution in [0.3, 0.4) is 0 Å². The van der Waals surface area contributed by atoms with Gasteiger partial charge in [-0.05, 0) is 54.8 Å². The van der Waals surface area contributed by atoms with E-state index in [4.69, 9.17) is 4.74 Å². The van der Waals surface area contributed by atoms with Gasteiger partial charge in [0.25, 0.3) is 0 Å². The Kier molecular flexibility index (Phi) is 5.34. The first-order chi connectivity index (χ1) is 10.2. The third kappa shape index (κ3) is 3.82. The molecule has 0 saturated carbocycles. The Labute approximate surface area is 126 Å². The second kappa shape index (κ2) is 7.23. The lowest BCUT2D eigenvalue weighted by atomic mass is 10.0. The highest BCUT2D eigenvalue weighted by atomic mass is 19.1. The van der Waals surface area contributed by atoms with Crippen LogP contribution in [0, 0.1) is 12.7 Å². The largest absolute Gasteiger partial charge is 0.496 e. The molecule has 1 N–H and O–H groups in total. The van der Waals surface area contributed by atoms with E-state index in [1.165, 1.54) is 0 Å². The molecule has 0 heterocycles. The molecule has 3 heteroatoms.